The lowest BCUT2D eigenvalue weighted by atomic mass is 10.0. The highest BCUT2D eigenvalue weighted by Gasteiger charge is 2.20. The Morgan fingerprint density at radius 2 is 1.46 bits per heavy atom. The van der Waals surface area contributed by atoms with Crippen molar-refractivity contribution in [3.8, 4) is 0 Å². The van der Waals surface area contributed by atoms with Crippen LogP contribution < -0.4 is 31.9 Å². The molecule has 59 heavy (non-hydrogen) atoms. The lowest BCUT2D eigenvalue weighted by Gasteiger charge is -2.23. The molecule has 0 saturated heterocycles. The summed E-state index contributed by atoms with van der Waals surface area (Å²) in [6.07, 6.45) is 4.74. The number of thiazole rings is 1. The molecule has 5 aromatic rings. The molecule has 0 radical (unpaired) electrons. The van der Waals surface area contributed by atoms with Crippen molar-refractivity contribution >= 4 is 54.5 Å². The lowest BCUT2D eigenvalue weighted by molar-refractivity contribution is -0.110. The number of carbonyl (C=O) groups is 5. The Morgan fingerprint density at radius 3 is 2.00 bits per heavy atom. The van der Waals surface area contributed by atoms with Gasteiger partial charge in [-0.15, -0.1) is 11.3 Å². The molecule has 0 spiro atoms. The van der Waals surface area contributed by atoms with E-state index in [1.165, 1.54) is 11.3 Å². The van der Waals surface area contributed by atoms with Crippen molar-refractivity contribution in [2.75, 3.05) is 24.2 Å². The number of amides is 3. The molecule has 2 heterocycles. The van der Waals surface area contributed by atoms with E-state index in [2.05, 4.69) is 57.2 Å². The highest BCUT2D eigenvalue weighted by Crippen LogP contribution is 2.22. The number of nitrogens with zero attached hydrogens (tertiary/aromatic N) is 3. The first-order chi connectivity index (χ1) is 28.5. The average Bonchev–Trinajstić information content (AvgIpc) is 3.79. The van der Waals surface area contributed by atoms with Crippen LogP contribution in [0.3, 0.4) is 0 Å². The molecule has 0 fully saturated rings. The molecular weight excluding hydrogens is 765 g/mol. The number of aromatic nitrogens is 2. The molecule has 5 rings (SSSR count). The molecule has 3 aromatic carbocycles. The Morgan fingerprint density at radius 1 is 0.831 bits per heavy atom. The molecule has 0 aliphatic rings. The minimum absolute atomic E-state index is 0.0445. The van der Waals surface area contributed by atoms with E-state index in [9.17, 15) is 14.4 Å². The molecule has 0 saturated carbocycles. The van der Waals surface area contributed by atoms with Crippen molar-refractivity contribution in [2.45, 2.75) is 78.7 Å². The Labute approximate surface area is 353 Å². The van der Waals surface area contributed by atoms with E-state index in [0.29, 0.717) is 37.0 Å². The van der Waals surface area contributed by atoms with Gasteiger partial charge in [0.25, 0.3) is 11.8 Å². The van der Waals surface area contributed by atoms with Crippen LogP contribution in [-0.2, 0) is 27.3 Å². The minimum Gasteiger partial charge on any atom is -0.399 e. The molecule has 14 heteroatoms. The van der Waals surface area contributed by atoms with Crippen molar-refractivity contribution in [3.63, 3.8) is 0 Å². The smallest absolute Gasteiger partial charge is 0.251 e. The van der Waals surface area contributed by atoms with Crippen LogP contribution in [0.25, 0.3) is 0 Å². The normalized spacial score (nSPS) is 11.4. The number of pyridine rings is 1. The maximum absolute atomic E-state index is 13.7. The second kappa shape index (κ2) is 29.0. The van der Waals surface area contributed by atoms with Gasteiger partial charge < -0.3 is 41.5 Å². The van der Waals surface area contributed by atoms with Gasteiger partial charge in [-0.2, -0.15) is 0 Å². The van der Waals surface area contributed by atoms with Crippen LogP contribution in [-0.4, -0.2) is 67.4 Å². The molecule has 3 atom stereocenters. The summed E-state index contributed by atoms with van der Waals surface area (Å²) < 4.78 is 0. The van der Waals surface area contributed by atoms with E-state index in [-0.39, 0.29) is 36.0 Å². The molecule has 2 unspecified atom stereocenters. The number of nitrogens with one attached hydrogen (secondary N) is 4. The average molecular weight is 825 g/mol. The van der Waals surface area contributed by atoms with Gasteiger partial charge in [-0.05, 0) is 66.9 Å². The fraction of sp³-hybridized carbons (Fsp3) is 0.311. The van der Waals surface area contributed by atoms with Crippen molar-refractivity contribution in [1.82, 2.24) is 31.2 Å². The summed E-state index contributed by atoms with van der Waals surface area (Å²) in [5.41, 5.74) is 13.7. The number of rotatable bonds is 16. The number of carbonyl (C=O) groups excluding carboxylic acids is 5. The summed E-state index contributed by atoms with van der Waals surface area (Å²) in [5.74, 6) is -0.494. The van der Waals surface area contributed by atoms with Gasteiger partial charge in [-0.25, -0.2) is 4.98 Å². The second-order valence-corrected chi connectivity index (χ2v) is 13.9. The first kappa shape index (κ1) is 50.8. The maximum Gasteiger partial charge on any atom is 0.251 e. The monoisotopic (exact) mass is 824 g/mol. The molecule has 316 valence electrons. The van der Waals surface area contributed by atoms with E-state index in [1.807, 2.05) is 125 Å². The molecular formula is C45H60N8O5S. The second-order valence-electron chi connectivity index (χ2n) is 13.2. The summed E-state index contributed by atoms with van der Waals surface area (Å²) >= 11 is 1.54. The van der Waals surface area contributed by atoms with Crippen molar-refractivity contribution in [2.24, 2.45) is 0 Å². The van der Waals surface area contributed by atoms with Crippen LogP contribution >= 0.6 is 11.3 Å². The van der Waals surface area contributed by atoms with Crippen LogP contribution in [0.5, 0.6) is 0 Å². The number of benzene rings is 3. The third-order valence-electron chi connectivity index (χ3n) is 8.48. The molecule has 13 nitrogen and oxygen atoms in total. The van der Waals surface area contributed by atoms with Crippen molar-refractivity contribution in [3.05, 3.63) is 142 Å². The first-order valence-electron chi connectivity index (χ1n) is 19.2. The minimum atomic E-state index is -0.258. The van der Waals surface area contributed by atoms with Gasteiger partial charge in [0.2, 0.25) is 6.41 Å². The van der Waals surface area contributed by atoms with Gasteiger partial charge in [-0.3, -0.25) is 19.4 Å². The molecule has 2 aromatic heterocycles. The summed E-state index contributed by atoms with van der Waals surface area (Å²) in [4.78, 5) is 63.8. The van der Waals surface area contributed by atoms with Gasteiger partial charge in [0.05, 0.1) is 23.3 Å². The topological polar surface area (TPSA) is 189 Å². The fourth-order valence-corrected chi connectivity index (χ4v) is 6.00. The summed E-state index contributed by atoms with van der Waals surface area (Å²) in [7, 11) is 1.96. The van der Waals surface area contributed by atoms with Gasteiger partial charge in [0.15, 0.2) is 0 Å². The largest absolute Gasteiger partial charge is 0.399 e. The molecule has 3 amide bonds. The van der Waals surface area contributed by atoms with Crippen LogP contribution in [0, 0.1) is 0 Å². The van der Waals surface area contributed by atoms with Crippen LogP contribution in [0.4, 0.5) is 11.4 Å². The Hall–Kier alpha value is -6.25. The van der Waals surface area contributed by atoms with Gasteiger partial charge in [-0.1, -0.05) is 76.2 Å². The molecule has 0 aliphatic heterocycles. The fourth-order valence-electron chi connectivity index (χ4n) is 5.43. The highest BCUT2D eigenvalue weighted by molar-refractivity contribution is 7.07. The van der Waals surface area contributed by atoms with Crippen LogP contribution in [0.15, 0.2) is 108 Å². The number of nitrogens with two attached hydrogens (primary N) is 1. The molecule has 0 aliphatic carbocycles. The van der Waals surface area contributed by atoms with Crippen molar-refractivity contribution < 1.29 is 24.0 Å². The quantitative estimate of drug-likeness (QED) is 0.0527. The summed E-state index contributed by atoms with van der Waals surface area (Å²) in [6.45, 7) is 17.2. The van der Waals surface area contributed by atoms with Crippen LogP contribution in [0.1, 0.15) is 96.7 Å². The van der Waals surface area contributed by atoms with E-state index in [0.717, 1.165) is 33.8 Å². The predicted octanol–water partition coefficient (Wildman–Crippen LogP) is 6.74. The predicted molar refractivity (Wildman–Crippen MR) is 239 cm³/mol. The van der Waals surface area contributed by atoms with E-state index >= 15 is 0 Å². The van der Waals surface area contributed by atoms with Gasteiger partial charge >= 0.3 is 0 Å². The molecule has 0 bridgehead atoms. The Bertz CT molecular complexity index is 1900. The van der Waals surface area contributed by atoms with E-state index in [4.69, 9.17) is 15.3 Å². The summed E-state index contributed by atoms with van der Waals surface area (Å²) in [6, 6.07) is 26.5. The zero-order valence-electron chi connectivity index (χ0n) is 35.2. The summed E-state index contributed by atoms with van der Waals surface area (Å²) in [5, 5.41) is 14.3. The Balaban J connectivity index is 0.000000812. The van der Waals surface area contributed by atoms with Gasteiger partial charge in [0, 0.05) is 78.9 Å². The number of anilines is 2. The third-order valence-corrected chi connectivity index (χ3v) is 9.11. The van der Waals surface area contributed by atoms with Crippen molar-refractivity contribution in [1.29, 1.82) is 0 Å². The first-order valence-corrected chi connectivity index (χ1v) is 20.1. The number of hydrogen-bond acceptors (Lipinski definition) is 11. The maximum atomic E-state index is 13.7. The zero-order valence-corrected chi connectivity index (χ0v) is 36.0. The Kier molecular flexibility index (Phi) is 25.0. The number of hydrogen-bond donors (Lipinski definition) is 5. The third kappa shape index (κ3) is 18.7. The SMILES string of the molecule is C=O.C=O.CC.CC(C)NC[C@H](Cc1cscn1)NC(=O)c1cc(C(=O)NC(C)c2cccnc2)cc(N(C)Cc2ccccc2)c1.CC(NC=O)c1ccc(N)cc1. The zero-order chi connectivity index (χ0) is 44.2. The van der Waals surface area contributed by atoms with Crippen LogP contribution in [0.2, 0.25) is 0 Å². The lowest BCUT2D eigenvalue weighted by Crippen LogP contribution is -2.45. The van der Waals surface area contributed by atoms with Gasteiger partial charge in [0.1, 0.15) is 13.6 Å². The molecule has 6 N–H and O–H groups in total. The standard InChI is InChI=1S/C32H38N6O2S.C9H12N2O.C2H6.2CH2O/c1-22(2)34-18-28(16-29-20-41-21-35-29)37-32(40)27-13-26(31(39)36-23(3)25-11-8-12-33-17-25)14-30(15-27)38(4)19-24-9-6-5-7-10-24;1-7(11-6-12)8-2-4-9(10)5-3-8;3*1-2/h5-15,17,20-23,28,34H,16,18-19H2,1-4H3,(H,36,39)(H,37,40);2-7H,10H2,1H3,(H,11,12);1-2H3;2*1H2/t23?,28-;;;;/m0..../s1. The highest BCUT2D eigenvalue weighted by atomic mass is 32.1. The van der Waals surface area contributed by atoms with E-state index < -0.39 is 0 Å². The van der Waals surface area contributed by atoms with E-state index in [1.54, 1.807) is 24.0 Å². The number of nitrogen functional groups attached to an aromatic ring is 1.